The number of aromatic hydroxyl groups is 1. The molecule has 28 heavy (non-hydrogen) atoms. The van der Waals surface area contributed by atoms with Crippen molar-refractivity contribution in [1.82, 2.24) is 5.32 Å². The van der Waals surface area contributed by atoms with E-state index in [1.807, 2.05) is 0 Å². The van der Waals surface area contributed by atoms with Gasteiger partial charge in [-0.05, 0) is 22.7 Å². The number of hydrogen-bond donors (Lipinski definition) is 5. The van der Waals surface area contributed by atoms with E-state index >= 15 is 0 Å². The van der Waals surface area contributed by atoms with Crippen LogP contribution in [0.4, 0.5) is 5.69 Å². The molecule has 2 aromatic rings. The van der Waals surface area contributed by atoms with E-state index in [0.717, 1.165) is 12.1 Å². The summed E-state index contributed by atoms with van der Waals surface area (Å²) >= 11 is 0. The highest BCUT2D eigenvalue weighted by atomic mass is 16.6. The van der Waals surface area contributed by atoms with E-state index in [0.29, 0.717) is 5.56 Å². The van der Waals surface area contributed by atoms with Crippen molar-refractivity contribution >= 4 is 30.1 Å². The highest BCUT2D eigenvalue weighted by Gasteiger charge is 2.24. The number of rotatable bonds is 8. The summed E-state index contributed by atoms with van der Waals surface area (Å²) in [7, 11) is -1.78. The fourth-order valence-corrected chi connectivity index (χ4v) is 2.64. The van der Waals surface area contributed by atoms with E-state index in [-0.39, 0.29) is 23.9 Å². The number of carbonyl (C=O) groups excluding carboxylic acids is 1. The molecule has 146 valence electrons. The number of aliphatic carboxylic acids is 1. The Bertz CT molecular complexity index is 902. The van der Waals surface area contributed by atoms with Crippen LogP contribution in [0.3, 0.4) is 0 Å². The fourth-order valence-electron chi connectivity index (χ4n) is 2.64. The molecule has 0 radical (unpaired) electrons. The van der Waals surface area contributed by atoms with Crippen molar-refractivity contribution in [3.8, 4) is 5.75 Å². The van der Waals surface area contributed by atoms with Crippen LogP contribution in [-0.2, 0) is 22.4 Å². The highest BCUT2D eigenvalue weighted by Crippen LogP contribution is 2.26. The third kappa shape index (κ3) is 5.28. The summed E-state index contributed by atoms with van der Waals surface area (Å²) in [5, 5.41) is 50.7. The Balaban J connectivity index is 2.13. The summed E-state index contributed by atoms with van der Waals surface area (Å²) in [6.45, 7) is 0. The zero-order valence-corrected chi connectivity index (χ0v) is 14.5. The van der Waals surface area contributed by atoms with Crippen LogP contribution in [0.25, 0.3) is 0 Å². The molecular weight excluding hydrogens is 371 g/mol. The average Bonchev–Trinajstić information content (AvgIpc) is 2.62. The topological polar surface area (TPSA) is 170 Å². The molecule has 0 spiro atoms. The lowest BCUT2D eigenvalue weighted by molar-refractivity contribution is -0.385. The predicted molar refractivity (Wildman–Crippen MR) is 98.0 cm³/mol. The molecule has 0 fully saturated rings. The first-order valence-electron chi connectivity index (χ1n) is 8.11. The van der Waals surface area contributed by atoms with Gasteiger partial charge in [-0.3, -0.25) is 14.9 Å². The summed E-state index contributed by atoms with van der Waals surface area (Å²) in [5.74, 6) is -2.57. The van der Waals surface area contributed by atoms with Crippen LogP contribution in [0.1, 0.15) is 11.1 Å². The first-order chi connectivity index (χ1) is 13.2. The van der Waals surface area contributed by atoms with Gasteiger partial charge >= 0.3 is 18.8 Å². The maximum Gasteiger partial charge on any atom is 0.488 e. The van der Waals surface area contributed by atoms with Gasteiger partial charge in [0.2, 0.25) is 5.91 Å². The second-order valence-electron chi connectivity index (χ2n) is 5.99. The lowest BCUT2D eigenvalue weighted by Crippen LogP contribution is -2.44. The molecule has 10 nitrogen and oxygen atoms in total. The highest BCUT2D eigenvalue weighted by molar-refractivity contribution is 6.59. The van der Waals surface area contributed by atoms with Gasteiger partial charge in [0.25, 0.3) is 0 Å². The van der Waals surface area contributed by atoms with Crippen LogP contribution in [0.2, 0.25) is 0 Å². The molecule has 1 amide bonds. The van der Waals surface area contributed by atoms with Crippen molar-refractivity contribution in [3.63, 3.8) is 0 Å². The van der Waals surface area contributed by atoms with Crippen LogP contribution >= 0.6 is 0 Å². The summed E-state index contributed by atoms with van der Waals surface area (Å²) < 4.78 is 0. The minimum atomic E-state index is -1.78. The number of phenolic OH excluding ortho intramolecular Hbond substituents is 1. The van der Waals surface area contributed by atoms with Crippen molar-refractivity contribution in [3.05, 3.63) is 63.7 Å². The Morgan fingerprint density at radius 3 is 2.46 bits per heavy atom. The standard InChI is InChI=1S/C17H17BN2O8/c21-15-6-5-10(8-14(15)20(27)28)7-13(17(23)24)19-16(22)9-11-3-1-2-4-12(11)18(25)26/h1-6,8,13,21,25-26H,7,9H2,(H,19,22)(H,23,24)/t13-/m0/s1. The van der Waals surface area contributed by atoms with Gasteiger partial charge in [0.1, 0.15) is 6.04 Å². The lowest BCUT2D eigenvalue weighted by atomic mass is 9.76. The molecule has 2 aromatic carbocycles. The molecule has 2 rings (SSSR count). The Morgan fingerprint density at radius 2 is 1.86 bits per heavy atom. The number of amides is 1. The fraction of sp³-hybridized carbons (Fsp3) is 0.176. The SMILES string of the molecule is O=C(Cc1ccccc1B(O)O)N[C@@H](Cc1ccc(O)c([N+](=O)[O-])c1)C(=O)O. The molecule has 11 heteroatoms. The number of phenols is 1. The number of carbonyl (C=O) groups is 2. The summed E-state index contributed by atoms with van der Waals surface area (Å²) in [6.07, 6.45) is -0.528. The van der Waals surface area contributed by atoms with Gasteiger partial charge in [0.05, 0.1) is 11.3 Å². The second kappa shape index (κ2) is 8.97. The van der Waals surface area contributed by atoms with Crippen LogP contribution in [0, 0.1) is 10.1 Å². The van der Waals surface area contributed by atoms with Gasteiger partial charge in [-0.1, -0.05) is 30.3 Å². The summed E-state index contributed by atoms with van der Waals surface area (Å²) in [5.41, 5.74) is 0.111. The van der Waals surface area contributed by atoms with Crippen molar-refractivity contribution in [2.75, 3.05) is 0 Å². The smallest absolute Gasteiger partial charge is 0.488 e. The molecule has 0 saturated heterocycles. The third-order valence-corrected chi connectivity index (χ3v) is 3.99. The van der Waals surface area contributed by atoms with E-state index in [4.69, 9.17) is 0 Å². The van der Waals surface area contributed by atoms with Crippen molar-refractivity contribution in [1.29, 1.82) is 0 Å². The van der Waals surface area contributed by atoms with Crippen LogP contribution in [0.15, 0.2) is 42.5 Å². The maximum atomic E-state index is 12.2. The van der Waals surface area contributed by atoms with Crippen molar-refractivity contribution < 1.29 is 34.8 Å². The van der Waals surface area contributed by atoms with Gasteiger partial charge in [0, 0.05) is 12.5 Å². The minimum Gasteiger partial charge on any atom is -0.502 e. The van der Waals surface area contributed by atoms with Gasteiger partial charge in [-0.25, -0.2) is 4.79 Å². The van der Waals surface area contributed by atoms with E-state index in [9.17, 15) is 40.0 Å². The number of benzene rings is 2. The summed E-state index contributed by atoms with van der Waals surface area (Å²) in [4.78, 5) is 33.8. The zero-order valence-electron chi connectivity index (χ0n) is 14.5. The molecular formula is C17H17BN2O8. The molecule has 0 saturated carbocycles. The van der Waals surface area contributed by atoms with Crippen molar-refractivity contribution in [2.24, 2.45) is 0 Å². The van der Waals surface area contributed by atoms with Gasteiger partial charge < -0.3 is 25.6 Å². The Labute approximate surface area is 159 Å². The van der Waals surface area contributed by atoms with E-state index in [1.54, 1.807) is 12.1 Å². The predicted octanol–water partition coefficient (Wildman–Crippen LogP) is -0.665. The first kappa shape index (κ1) is 20.9. The number of carboxylic acid groups (broad SMARTS) is 1. The largest absolute Gasteiger partial charge is 0.502 e. The molecule has 1 atom stereocenters. The molecule has 0 aliphatic heterocycles. The van der Waals surface area contributed by atoms with E-state index < -0.39 is 41.4 Å². The number of hydrogen-bond acceptors (Lipinski definition) is 7. The quantitative estimate of drug-likeness (QED) is 0.225. The zero-order chi connectivity index (χ0) is 20.8. The number of nitrogens with one attached hydrogen (secondary N) is 1. The van der Waals surface area contributed by atoms with E-state index in [2.05, 4.69) is 5.32 Å². The minimum absolute atomic E-state index is 0.124. The number of carboxylic acids is 1. The number of nitro benzene ring substituents is 1. The number of nitrogens with zero attached hydrogens (tertiary/aromatic N) is 1. The van der Waals surface area contributed by atoms with Gasteiger partial charge in [0.15, 0.2) is 5.75 Å². The average molecular weight is 388 g/mol. The normalized spacial score (nSPS) is 11.5. The Kier molecular flexibility index (Phi) is 6.69. The lowest BCUT2D eigenvalue weighted by Gasteiger charge is -2.16. The maximum absolute atomic E-state index is 12.2. The van der Waals surface area contributed by atoms with Gasteiger partial charge in [-0.2, -0.15) is 0 Å². The van der Waals surface area contributed by atoms with Crippen LogP contribution in [-0.4, -0.2) is 50.2 Å². The molecule has 0 aromatic heterocycles. The van der Waals surface area contributed by atoms with Gasteiger partial charge in [-0.15, -0.1) is 0 Å². The second-order valence-corrected chi connectivity index (χ2v) is 5.99. The van der Waals surface area contributed by atoms with E-state index in [1.165, 1.54) is 18.2 Å². The molecule has 0 heterocycles. The summed E-state index contributed by atoms with van der Waals surface area (Å²) in [6, 6.07) is 8.16. The third-order valence-electron chi connectivity index (χ3n) is 3.99. The monoisotopic (exact) mass is 388 g/mol. The van der Waals surface area contributed by atoms with Crippen LogP contribution < -0.4 is 10.8 Å². The van der Waals surface area contributed by atoms with Crippen LogP contribution in [0.5, 0.6) is 5.75 Å². The number of nitro groups is 1. The Morgan fingerprint density at radius 1 is 1.18 bits per heavy atom. The molecule has 0 bridgehead atoms. The Hall–Kier alpha value is -3.44. The van der Waals surface area contributed by atoms with Crippen molar-refractivity contribution in [2.45, 2.75) is 18.9 Å². The molecule has 5 N–H and O–H groups in total. The molecule has 0 unspecified atom stereocenters. The molecule has 0 aliphatic rings. The first-order valence-corrected chi connectivity index (χ1v) is 8.11. The molecule has 0 aliphatic carbocycles.